The van der Waals surface area contributed by atoms with Gasteiger partial charge in [0.15, 0.2) is 15.2 Å². The normalized spacial score (nSPS) is 24.2. The highest BCUT2D eigenvalue weighted by Gasteiger charge is 2.46. The van der Waals surface area contributed by atoms with Gasteiger partial charge in [-0.15, -0.1) is 34.8 Å². The van der Waals surface area contributed by atoms with Crippen molar-refractivity contribution in [2.45, 2.75) is 36.0 Å². The van der Waals surface area contributed by atoms with Crippen LogP contribution in [0.2, 0.25) is 0 Å². The first kappa shape index (κ1) is 21.9. The lowest BCUT2D eigenvalue weighted by Crippen LogP contribution is -2.32. The monoisotopic (exact) mass is 428 g/mol. The van der Waals surface area contributed by atoms with E-state index >= 15 is 0 Å². The Labute approximate surface area is 148 Å². The van der Waals surface area contributed by atoms with Gasteiger partial charge < -0.3 is 0 Å². The van der Waals surface area contributed by atoms with Gasteiger partial charge in [0.2, 0.25) is 0 Å². The third-order valence-corrected chi connectivity index (χ3v) is 6.40. The number of hydrogen-bond acceptors (Lipinski definition) is 4. The van der Waals surface area contributed by atoms with Gasteiger partial charge in [0.05, 0.1) is 17.6 Å². The van der Waals surface area contributed by atoms with Crippen LogP contribution in [0, 0.1) is 0 Å². The van der Waals surface area contributed by atoms with Crippen LogP contribution in [0.1, 0.15) is 20.8 Å². The summed E-state index contributed by atoms with van der Waals surface area (Å²) in [7, 11) is -4.28. The minimum Gasteiger partial charge on any atom is -0.263 e. The molecule has 0 radical (unpaired) electrons. The van der Waals surface area contributed by atoms with E-state index in [0.29, 0.717) is 0 Å². The Morgan fingerprint density at radius 3 is 1.10 bits per heavy atom. The lowest BCUT2D eigenvalue weighted by molar-refractivity contribution is 0.0254. The van der Waals surface area contributed by atoms with Gasteiger partial charge in [-0.1, -0.05) is 34.8 Å². The fraction of sp³-hybridized carbons (Fsp3) is 1.00. The summed E-state index contributed by atoms with van der Waals surface area (Å²) < 4.78 is 28.0. The molecule has 0 heterocycles. The second-order valence-corrected chi connectivity index (χ2v) is 9.07. The van der Waals surface area contributed by atoms with E-state index in [2.05, 4.69) is 0 Å². The Morgan fingerprint density at radius 1 is 0.750 bits per heavy atom. The molecular weight excluding hydrogens is 416 g/mol. The number of alkyl halides is 6. The minimum absolute atomic E-state index is 0.189. The van der Waals surface area contributed by atoms with Crippen molar-refractivity contribution in [3.8, 4) is 0 Å². The first-order chi connectivity index (χ1) is 8.80. The van der Waals surface area contributed by atoms with Crippen LogP contribution in [0.4, 0.5) is 0 Å². The maximum Gasteiger partial charge on any atom is 0.480 e. The van der Waals surface area contributed by atoms with E-state index in [1.54, 1.807) is 0 Å². The van der Waals surface area contributed by atoms with Gasteiger partial charge in [0.25, 0.3) is 0 Å². The lowest BCUT2D eigenvalue weighted by Gasteiger charge is -2.33. The van der Waals surface area contributed by atoms with E-state index in [9.17, 15) is 4.57 Å². The molecule has 0 spiro atoms. The van der Waals surface area contributed by atoms with Gasteiger partial charge >= 0.3 is 7.82 Å². The Morgan fingerprint density at radius 2 is 0.950 bits per heavy atom. The predicted molar refractivity (Wildman–Crippen MR) is 85.8 cm³/mol. The molecule has 3 unspecified atom stereocenters. The molecule has 0 N–H and O–H groups in total. The molecule has 0 aromatic carbocycles. The van der Waals surface area contributed by atoms with Crippen LogP contribution in [0.25, 0.3) is 0 Å². The highest BCUT2D eigenvalue weighted by Crippen LogP contribution is 2.60. The van der Waals surface area contributed by atoms with E-state index in [1.807, 2.05) is 0 Å². The molecule has 0 saturated heterocycles. The maximum absolute atomic E-state index is 12.6. The molecule has 0 amide bonds. The van der Waals surface area contributed by atoms with Crippen molar-refractivity contribution in [1.29, 1.82) is 0 Å². The topological polar surface area (TPSA) is 44.8 Å². The Bertz CT molecular complexity index is 310. The molecule has 0 rings (SSSR count). The second-order valence-electron chi connectivity index (χ2n) is 4.43. The largest absolute Gasteiger partial charge is 0.480 e. The number of phosphoric ester groups is 1. The summed E-state index contributed by atoms with van der Waals surface area (Å²) in [6.45, 7) is 4.12. The van der Waals surface area contributed by atoms with Crippen LogP contribution in [0.3, 0.4) is 0 Å². The molecule has 3 atom stereocenters. The van der Waals surface area contributed by atoms with Gasteiger partial charge in [0.1, 0.15) is 0 Å². The zero-order valence-corrected chi connectivity index (χ0v) is 16.4. The molecule has 11 heteroatoms. The van der Waals surface area contributed by atoms with Crippen molar-refractivity contribution in [2.24, 2.45) is 0 Å². The van der Waals surface area contributed by atoms with Crippen molar-refractivity contribution < 1.29 is 18.1 Å². The standard InChI is InChI=1S/C9H15Cl6O4P/c1-7(13,4-10)17-20(16,18-8(2,14)5-11)19-9(3,15)6-12/h4-6H2,1-3H3. The molecule has 0 fully saturated rings. The average Bonchev–Trinajstić information content (AvgIpc) is 2.26. The second kappa shape index (κ2) is 8.10. The number of halogens is 6. The summed E-state index contributed by atoms with van der Waals surface area (Å²) in [4.78, 5) is 0. The molecule has 0 aliphatic carbocycles. The van der Waals surface area contributed by atoms with Crippen LogP contribution in [0.5, 0.6) is 0 Å². The van der Waals surface area contributed by atoms with Crippen LogP contribution >= 0.6 is 77.4 Å². The highest BCUT2D eigenvalue weighted by atomic mass is 35.5. The Balaban J connectivity index is 5.29. The van der Waals surface area contributed by atoms with Crippen LogP contribution in [-0.2, 0) is 18.1 Å². The summed E-state index contributed by atoms with van der Waals surface area (Å²) in [6, 6.07) is 0. The van der Waals surface area contributed by atoms with E-state index < -0.39 is 23.0 Å². The van der Waals surface area contributed by atoms with E-state index in [-0.39, 0.29) is 17.6 Å². The summed E-state index contributed by atoms with van der Waals surface area (Å²) in [6.07, 6.45) is 0. The van der Waals surface area contributed by atoms with Gasteiger partial charge in [-0.05, 0) is 20.8 Å². The van der Waals surface area contributed by atoms with Crippen molar-refractivity contribution in [3.63, 3.8) is 0 Å². The summed E-state index contributed by atoms with van der Waals surface area (Å²) >= 11 is 34.5. The van der Waals surface area contributed by atoms with Crippen molar-refractivity contribution >= 4 is 77.4 Å². The first-order valence-corrected chi connectivity index (χ1v) is 9.47. The van der Waals surface area contributed by atoms with Crippen molar-refractivity contribution in [3.05, 3.63) is 0 Å². The summed E-state index contributed by atoms with van der Waals surface area (Å²) in [5.41, 5.74) is 0. The quantitative estimate of drug-likeness (QED) is 0.346. The smallest absolute Gasteiger partial charge is 0.263 e. The van der Waals surface area contributed by atoms with E-state index in [1.165, 1.54) is 20.8 Å². The molecular formula is C9H15Cl6O4P. The summed E-state index contributed by atoms with van der Waals surface area (Å²) in [5, 5.41) is -4.55. The maximum atomic E-state index is 12.6. The van der Waals surface area contributed by atoms with Crippen LogP contribution < -0.4 is 0 Å². The van der Waals surface area contributed by atoms with Gasteiger partial charge in [-0.25, -0.2) is 4.57 Å². The fourth-order valence-electron chi connectivity index (χ4n) is 0.828. The molecule has 0 aliphatic rings. The van der Waals surface area contributed by atoms with Crippen molar-refractivity contribution in [2.75, 3.05) is 17.6 Å². The Hall–Kier alpha value is 1.85. The van der Waals surface area contributed by atoms with Crippen LogP contribution in [0.15, 0.2) is 0 Å². The predicted octanol–water partition coefficient (Wildman–Crippen LogP) is 5.73. The van der Waals surface area contributed by atoms with Gasteiger partial charge in [-0.2, -0.15) is 0 Å². The minimum atomic E-state index is -4.28. The SMILES string of the molecule is CC(Cl)(CCl)OP(=O)(OC(C)(Cl)CCl)OC(C)(Cl)CCl. The molecule has 0 aromatic heterocycles. The number of rotatable bonds is 9. The van der Waals surface area contributed by atoms with Crippen LogP contribution in [-0.4, -0.2) is 32.8 Å². The van der Waals surface area contributed by atoms with Crippen molar-refractivity contribution in [1.82, 2.24) is 0 Å². The fourth-order valence-corrected chi connectivity index (χ4v) is 3.69. The third-order valence-electron chi connectivity index (χ3n) is 1.62. The molecule has 122 valence electrons. The molecule has 0 bridgehead atoms. The number of hydrogen-bond donors (Lipinski definition) is 0. The molecule has 4 nitrogen and oxygen atoms in total. The molecule has 0 aromatic rings. The van der Waals surface area contributed by atoms with Gasteiger partial charge in [0, 0.05) is 0 Å². The molecule has 0 saturated carbocycles. The third kappa shape index (κ3) is 8.47. The van der Waals surface area contributed by atoms with E-state index in [0.717, 1.165) is 0 Å². The summed E-state index contributed by atoms with van der Waals surface area (Å²) in [5.74, 6) is -0.568. The lowest BCUT2D eigenvalue weighted by atomic mass is 10.5. The zero-order valence-electron chi connectivity index (χ0n) is 11.0. The van der Waals surface area contributed by atoms with Gasteiger partial charge in [-0.3, -0.25) is 13.6 Å². The first-order valence-electron chi connectivity index (χ1n) is 5.27. The number of phosphoric acid groups is 1. The Kier molecular flexibility index (Phi) is 8.85. The molecule has 0 aliphatic heterocycles. The zero-order chi connectivity index (χ0) is 16.2. The average molecular weight is 431 g/mol. The molecule has 20 heavy (non-hydrogen) atoms. The highest BCUT2D eigenvalue weighted by molar-refractivity contribution is 7.48. The van der Waals surface area contributed by atoms with E-state index in [4.69, 9.17) is 83.2 Å².